The van der Waals surface area contributed by atoms with E-state index in [1.807, 2.05) is 12.4 Å². The van der Waals surface area contributed by atoms with E-state index in [0.29, 0.717) is 0 Å². The van der Waals surface area contributed by atoms with Crippen LogP contribution in [0.1, 0.15) is 66.8 Å². The molecule has 0 aliphatic rings. The third kappa shape index (κ3) is 8.36. The van der Waals surface area contributed by atoms with Crippen LogP contribution in [-0.2, 0) is 0 Å². The third-order valence-electron chi connectivity index (χ3n) is 13.1. The Hall–Kier alpha value is -6.25. The first-order valence-corrected chi connectivity index (χ1v) is 22.1. The van der Waals surface area contributed by atoms with Gasteiger partial charge in [0, 0.05) is 23.5 Å². The van der Waals surface area contributed by atoms with Gasteiger partial charge in [0.15, 0.2) is 0 Å². The molecule has 0 aliphatic heterocycles. The van der Waals surface area contributed by atoms with Crippen molar-refractivity contribution in [2.75, 3.05) is 0 Å². The van der Waals surface area contributed by atoms with Gasteiger partial charge >= 0.3 is 0 Å². The zero-order chi connectivity index (χ0) is 44.0. The smallest absolute Gasteiger partial charge is 0.242 e. The normalized spacial score (nSPS) is 11.2. The number of benzene rings is 6. The van der Waals surface area contributed by atoms with Crippen LogP contribution in [0.3, 0.4) is 0 Å². The molecule has 0 aliphatic carbocycles. The van der Waals surface area contributed by atoms with Crippen molar-refractivity contribution in [3.63, 3.8) is 0 Å². The van der Waals surface area contributed by atoms with Crippen LogP contribution in [0.2, 0.25) is 0 Å². The molecule has 0 radical (unpaired) electrons. The van der Waals surface area contributed by atoms with Gasteiger partial charge in [-0.2, -0.15) is 0 Å². The number of nitrogens with zero attached hydrogens (tertiary/aromatic N) is 2. The van der Waals surface area contributed by atoms with Crippen LogP contribution >= 0.6 is 0 Å². The number of rotatable bonds is 9. The molecule has 4 heteroatoms. The maximum atomic E-state index is 4.91. The van der Waals surface area contributed by atoms with E-state index in [4.69, 9.17) is 9.97 Å². The molecule has 6 aromatic carbocycles. The first-order chi connectivity index (χ1) is 29.7. The Bertz CT molecular complexity index is 2530. The number of hydrogen-bond acceptors (Lipinski definition) is 2. The van der Waals surface area contributed by atoms with Crippen molar-refractivity contribution in [2.45, 2.75) is 83.1 Å². The van der Waals surface area contributed by atoms with Crippen LogP contribution in [0.5, 0.6) is 0 Å². The highest BCUT2D eigenvalue weighted by Crippen LogP contribution is 2.25. The molecule has 0 fully saturated rings. The minimum absolute atomic E-state index is 0.147. The van der Waals surface area contributed by atoms with Gasteiger partial charge in [0.2, 0.25) is 13.4 Å². The van der Waals surface area contributed by atoms with E-state index in [-0.39, 0.29) is 13.4 Å². The topological polar surface area (TPSA) is 25.8 Å². The molecule has 0 amide bonds. The summed E-state index contributed by atoms with van der Waals surface area (Å²) in [4.78, 5) is 9.82. The van der Waals surface area contributed by atoms with Crippen molar-refractivity contribution in [3.8, 4) is 33.6 Å². The monoisotopic (exact) mass is 804 g/mol. The standard InChI is InChI=1S/C58H58B2N2/c1-35-25-39(5)55(40(6)26-35)59(56-41(7)27-36(2)28-42(56)8)51-19-13-47(14-20-51)49-17-23-53(61-33-49)54-24-18-50(34-62-54)48-15-21-52(22-16-48)60(57-43(9)29-37(3)30-44(57)10)58-45(11)31-38(4)32-46(58)12/h13-34H,1-12H3. The molecule has 2 heterocycles. The van der Waals surface area contributed by atoms with Gasteiger partial charge < -0.3 is 0 Å². The van der Waals surface area contributed by atoms with E-state index in [1.165, 1.54) is 99.5 Å². The maximum absolute atomic E-state index is 4.91. The predicted molar refractivity (Wildman–Crippen MR) is 270 cm³/mol. The van der Waals surface area contributed by atoms with Crippen molar-refractivity contribution in [3.05, 3.63) is 200 Å². The molecule has 2 aromatic heterocycles. The molecule has 8 rings (SSSR count). The molecule has 0 N–H and O–H groups in total. The Morgan fingerprint density at radius 3 is 0.710 bits per heavy atom. The summed E-state index contributed by atoms with van der Waals surface area (Å²) >= 11 is 0. The molecule has 0 spiro atoms. The molecule has 0 bridgehead atoms. The second-order valence-electron chi connectivity index (χ2n) is 18.2. The summed E-state index contributed by atoms with van der Waals surface area (Å²) < 4.78 is 0. The summed E-state index contributed by atoms with van der Waals surface area (Å²) in [5.74, 6) is 0. The van der Waals surface area contributed by atoms with Crippen LogP contribution in [0.15, 0.2) is 134 Å². The van der Waals surface area contributed by atoms with E-state index in [0.717, 1.165) is 33.6 Å². The van der Waals surface area contributed by atoms with Gasteiger partial charge in [-0.05, 0) is 106 Å². The Kier molecular flexibility index (Phi) is 11.8. The van der Waals surface area contributed by atoms with Crippen LogP contribution < -0.4 is 32.8 Å². The SMILES string of the molecule is Cc1cc(C)c(B(c2ccc(-c3ccc(-c4ccc(-c5ccc(B(c6c(C)cc(C)cc6C)c6c(C)cc(C)cc6C)cc5)cn4)nc3)cc2)c2c(C)cc(C)cc2C)c(C)c1. The molecule has 62 heavy (non-hydrogen) atoms. The molecule has 2 nitrogen and oxygen atoms in total. The van der Waals surface area contributed by atoms with Gasteiger partial charge in [-0.25, -0.2) is 0 Å². The van der Waals surface area contributed by atoms with Crippen LogP contribution in [0.4, 0.5) is 0 Å². The maximum Gasteiger partial charge on any atom is 0.242 e. The molecule has 8 aromatic rings. The fourth-order valence-corrected chi connectivity index (χ4v) is 10.7. The van der Waals surface area contributed by atoms with Crippen molar-refractivity contribution in [1.29, 1.82) is 0 Å². The van der Waals surface area contributed by atoms with Crippen molar-refractivity contribution >= 4 is 46.2 Å². The van der Waals surface area contributed by atoms with Gasteiger partial charge in [0.05, 0.1) is 11.4 Å². The zero-order valence-electron chi connectivity index (χ0n) is 38.8. The predicted octanol–water partition coefficient (Wildman–Crippen LogP) is 10.2. The molecular formula is C58H58B2N2. The fraction of sp³-hybridized carbons (Fsp3) is 0.207. The fourth-order valence-electron chi connectivity index (χ4n) is 10.7. The lowest BCUT2D eigenvalue weighted by molar-refractivity contribution is 1.25. The largest absolute Gasteiger partial charge is 0.254 e. The van der Waals surface area contributed by atoms with Crippen molar-refractivity contribution in [1.82, 2.24) is 9.97 Å². The molecule has 0 atom stereocenters. The van der Waals surface area contributed by atoms with Gasteiger partial charge in [0.25, 0.3) is 0 Å². The Labute approximate surface area is 371 Å². The lowest BCUT2D eigenvalue weighted by Crippen LogP contribution is -2.55. The number of hydrogen-bond donors (Lipinski definition) is 0. The van der Waals surface area contributed by atoms with E-state index in [9.17, 15) is 0 Å². The van der Waals surface area contributed by atoms with Crippen LogP contribution in [-0.4, -0.2) is 23.4 Å². The average molecular weight is 805 g/mol. The Morgan fingerprint density at radius 1 is 0.274 bits per heavy atom. The number of aromatic nitrogens is 2. The highest BCUT2D eigenvalue weighted by atomic mass is 14.8. The van der Waals surface area contributed by atoms with Crippen LogP contribution in [0.25, 0.3) is 33.6 Å². The molecular weight excluding hydrogens is 746 g/mol. The lowest BCUT2D eigenvalue weighted by atomic mass is 9.34. The van der Waals surface area contributed by atoms with Gasteiger partial charge in [-0.3, -0.25) is 9.97 Å². The summed E-state index contributed by atoms with van der Waals surface area (Å²) in [7, 11) is 0. The van der Waals surface area contributed by atoms with Crippen LogP contribution in [0, 0.1) is 83.1 Å². The molecule has 0 saturated heterocycles. The second-order valence-corrected chi connectivity index (χ2v) is 18.2. The van der Waals surface area contributed by atoms with Gasteiger partial charge in [-0.15, -0.1) is 0 Å². The average Bonchev–Trinajstić information content (AvgIpc) is 3.21. The van der Waals surface area contributed by atoms with Crippen molar-refractivity contribution < 1.29 is 0 Å². The highest BCUT2D eigenvalue weighted by Gasteiger charge is 2.30. The minimum atomic E-state index is 0.147. The van der Waals surface area contributed by atoms with E-state index in [1.54, 1.807) is 0 Å². The summed E-state index contributed by atoms with van der Waals surface area (Å²) in [6.07, 6.45) is 3.95. The number of aryl methyl sites for hydroxylation is 12. The summed E-state index contributed by atoms with van der Waals surface area (Å²) in [5, 5.41) is 0. The quantitative estimate of drug-likeness (QED) is 0.136. The first kappa shape index (κ1) is 42.4. The molecule has 0 unspecified atom stereocenters. The molecule has 306 valence electrons. The van der Waals surface area contributed by atoms with E-state index < -0.39 is 0 Å². The Morgan fingerprint density at radius 2 is 0.500 bits per heavy atom. The second kappa shape index (κ2) is 17.3. The molecule has 0 saturated carbocycles. The van der Waals surface area contributed by atoms with Gasteiger partial charge in [-0.1, -0.05) is 209 Å². The zero-order valence-corrected chi connectivity index (χ0v) is 38.8. The van der Waals surface area contributed by atoms with E-state index >= 15 is 0 Å². The minimum Gasteiger partial charge on any atom is -0.254 e. The van der Waals surface area contributed by atoms with Crippen molar-refractivity contribution in [2.24, 2.45) is 0 Å². The summed E-state index contributed by atoms with van der Waals surface area (Å²) in [6.45, 7) is 27.2. The number of pyridine rings is 2. The first-order valence-electron chi connectivity index (χ1n) is 22.1. The lowest BCUT2D eigenvalue weighted by Gasteiger charge is -2.24. The van der Waals surface area contributed by atoms with Gasteiger partial charge in [0.1, 0.15) is 0 Å². The summed E-state index contributed by atoms with van der Waals surface area (Å²) in [6, 6.07) is 45.4. The van der Waals surface area contributed by atoms with E-state index in [2.05, 4.69) is 204 Å². The summed E-state index contributed by atoms with van der Waals surface area (Å²) in [5.41, 5.74) is 30.3. The highest BCUT2D eigenvalue weighted by molar-refractivity contribution is 6.97. The third-order valence-corrected chi connectivity index (χ3v) is 13.1. The Balaban J connectivity index is 1.04.